The highest BCUT2D eigenvalue weighted by Gasteiger charge is 2.21. The van der Waals surface area contributed by atoms with Crippen molar-refractivity contribution >= 4 is 16.7 Å². The molecule has 2 heterocycles. The fraction of sp³-hybridized carbons (Fsp3) is 0.154. The van der Waals surface area contributed by atoms with Crippen molar-refractivity contribution in [2.45, 2.75) is 19.9 Å². The fourth-order valence-corrected chi connectivity index (χ4v) is 3.54. The van der Waals surface area contributed by atoms with Gasteiger partial charge in [-0.3, -0.25) is 0 Å². The molecular weight excluding hydrogens is 386 g/mol. The molecule has 0 saturated heterocycles. The highest BCUT2D eigenvalue weighted by atomic mass is 16.5. The largest absolute Gasteiger partial charge is 0.505 e. The average molecular weight is 412 g/mol. The summed E-state index contributed by atoms with van der Waals surface area (Å²) in [4.78, 5) is 9.14. The van der Waals surface area contributed by atoms with Crippen LogP contribution >= 0.6 is 0 Å². The van der Waals surface area contributed by atoms with Crippen molar-refractivity contribution < 1.29 is 9.84 Å². The Morgan fingerprint density at radius 1 is 0.968 bits per heavy atom. The molecule has 4 aromatic rings. The van der Waals surface area contributed by atoms with E-state index in [0.717, 1.165) is 39.5 Å². The van der Waals surface area contributed by atoms with Gasteiger partial charge in [-0.05, 0) is 49.7 Å². The van der Waals surface area contributed by atoms with Gasteiger partial charge in [0, 0.05) is 22.3 Å². The van der Waals surface area contributed by atoms with E-state index in [2.05, 4.69) is 21.9 Å². The Bertz CT molecular complexity index is 1220. The Morgan fingerprint density at radius 2 is 1.71 bits per heavy atom. The lowest BCUT2D eigenvalue weighted by Gasteiger charge is -2.22. The summed E-state index contributed by atoms with van der Waals surface area (Å²) in [6.07, 6.45) is 1.71. The number of nitrogens with zero attached hydrogens (tertiary/aromatic N) is 2. The Balaban J connectivity index is 1.79. The molecule has 1 atom stereocenters. The van der Waals surface area contributed by atoms with Crippen molar-refractivity contribution in [2.75, 3.05) is 11.9 Å². The van der Waals surface area contributed by atoms with Crippen LogP contribution in [0.1, 0.15) is 28.6 Å². The van der Waals surface area contributed by atoms with Crippen LogP contribution in [0.4, 0.5) is 5.82 Å². The first kappa shape index (κ1) is 20.4. The number of anilines is 1. The van der Waals surface area contributed by atoms with Gasteiger partial charge < -0.3 is 15.2 Å². The molecule has 0 aliphatic carbocycles. The van der Waals surface area contributed by atoms with Crippen LogP contribution in [0.2, 0.25) is 0 Å². The van der Waals surface area contributed by atoms with E-state index in [1.807, 2.05) is 80.6 Å². The molecule has 0 amide bonds. The zero-order valence-electron chi connectivity index (χ0n) is 17.7. The molecule has 2 N–H and O–H groups in total. The van der Waals surface area contributed by atoms with Crippen LogP contribution in [0.15, 0.2) is 79.4 Å². The molecule has 31 heavy (non-hydrogen) atoms. The third-order valence-corrected chi connectivity index (χ3v) is 5.08. The lowest BCUT2D eigenvalue weighted by molar-refractivity contribution is 0.363. The molecule has 156 valence electrons. The standard InChI is InChI=1S/C26H25N3O2/c1-4-16-31-21-13-10-19(11-14-21)24(29-23-7-5-6-17(2)27-23)22-15-12-20-9-8-18(3)28-25(20)26(22)30/h4-15,24,30H,1,16H2,2-3H3,(H,27,29)/t24-/m1/s1. The van der Waals surface area contributed by atoms with E-state index in [0.29, 0.717) is 12.1 Å². The monoisotopic (exact) mass is 411 g/mol. The lowest BCUT2D eigenvalue weighted by atomic mass is 9.96. The Hall–Kier alpha value is -3.86. The number of fused-ring (bicyclic) bond motifs is 1. The van der Waals surface area contributed by atoms with Crippen LogP contribution in [-0.4, -0.2) is 21.7 Å². The smallest absolute Gasteiger partial charge is 0.147 e. The third kappa shape index (κ3) is 4.51. The summed E-state index contributed by atoms with van der Waals surface area (Å²) in [5, 5.41) is 15.5. The number of phenolic OH excluding ortho intramolecular Hbond substituents is 1. The first-order chi connectivity index (χ1) is 15.0. The maximum Gasteiger partial charge on any atom is 0.147 e. The second-order valence-electron chi connectivity index (χ2n) is 7.44. The van der Waals surface area contributed by atoms with Crippen molar-refractivity contribution in [1.29, 1.82) is 0 Å². The van der Waals surface area contributed by atoms with Crippen molar-refractivity contribution in [2.24, 2.45) is 0 Å². The Morgan fingerprint density at radius 3 is 2.45 bits per heavy atom. The summed E-state index contributed by atoms with van der Waals surface area (Å²) < 4.78 is 5.61. The van der Waals surface area contributed by atoms with E-state index >= 15 is 0 Å². The van der Waals surface area contributed by atoms with Gasteiger partial charge in [0.25, 0.3) is 0 Å². The molecule has 5 heteroatoms. The van der Waals surface area contributed by atoms with Crippen LogP contribution in [0.25, 0.3) is 10.9 Å². The van der Waals surface area contributed by atoms with Gasteiger partial charge in [-0.15, -0.1) is 0 Å². The van der Waals surface area contributed by atoms with Gasteiger partial charge in [0.2, 0.25) is 0 Å². The number of benzene rings is 2. The molecule has 0 saturated carbocycles. The molecule has 0 fully saturated rings. The maximum atomic E-state index is 11.2. The summed E-state index contributed by atoms with van der Waals surface area (Å²) in [6, 6.07) is 21.1. The molecular formula is C26H25N3O2. The SMILES string of the molecule is C=CCOc1ccc([C@@H](Nc2cccc(C)n2)c2ccc3ccc(C)nc3c2O)cc1. The van der Waals surface area contributed by atoms with Crippen molar-refractivity contribution in [3.63, 3.8) is 0 Å². The Labute approximate surface area is 182 Å². The normalized spacial score (nSPS) is 11.8. The van der Waals surface area contributed by atoms with Gasteiger partial charge in [-0.25, -0.2) is 9.97 Å². The van der Waals surface area contributed by atoms with Gasteiger partial charge in [0.1, 0.15) is 29.4 Å². The van der Waals surface area contributed by atoms with Gasteiger partial charge in [-0.1, -0.05) is 49.1 Å². The van der Waals surface area contributed by atoms with Gasteiger partial charge in [-0.2, -0.15) is 0 Å². The number of hydrogen-bond donors (Lipinski definition) is 2. The number of rotatable bonds is 7. The van der Waals surface area contributed by atoms with Gasteiger partial charge in [0.05, 0.1) is 6.04 Å². The Kier molecular flexibility index (Phi) is 5.85. The molecule has 0 aliphatic heterocycles. The molecule has 0 bridgehead atoms. The second kappa shape index (κ2) is 8.88. The minimum absolute atomic E-state index is 0.165. The van der Waals surface area contributed by atoms with Gasteiger partial charge >= 0.3 is 0 Å². The predicted molar refractivity (Wildman–Crippen MR) is 125 cm³/mol. The highest BCUT2D eigenvalue weighted by molar-refractivity contribution is 5.86. The number of nitrogens with one attached hydrogen (secondary N) is 1. The predicted octanol–water partition coefficient (Wildman–Crippen LogP) is 5.72. The van der Waals surface area contributed by atoms with Crippen LogP contribution in [-0.2, 0) is 0 Å². The minimum atomic E-state index is -0.325. The van der Waals surface area contributed by atoms with E-state index in [9.17, 15) is 5.11 Å². The first-order valence-electron chi connectivity index (χ1n) is 10.2. The van der Waals surface area contributed by atoms with E-state index in [-0.39, 0.29) is 11.8 Å². The number of phenols is 1. The van der Waals surface area contributed by atoms with E-state index in [4.69, 9.17) is 4.74 Å². The summed E-state index contributed by atoms with van der Waals surface area (Å²) in [6.45, 7) is 8.00. The molecule has 0 unspecified atom stereocenters. The average Bonchev–Trinajstić information content (AvgIpc) is 2.77. The minimum Gasteiger partial charge on any atom is -0.505 e. The molecule has 5 nitrogen and oxygen atoms in total. The van der Waals surface area contributed by atoms with Crippen LogP contribution < -0.4 is 10.1 Å². The molecule has 2 aromatic heterocycles. The summed E-state index contributed by atoms with van der Waals surface area (Å²) in [5.41, 5.74) is 4.06. The molecule has 0 spiro atoms. The van der Waals surface area contributed by atoms with Crippen LogP contribution in [0.3, 0.4) is 0 Å². The quantitative estimate of drug-likeness (QED) is 0.381. The molecule has 4 rings (SSSR count). The van der Waals surface area contributed by atoms with Gasteiger partial charge in [0.15, 0.2) is 0 Å². The second-order valence-corrected chi connectivity index (χ2v) is 7.44. The van der Waals surface area contributed by atoms with Crippen molar-refractivity contribution in [3.05, 3.63) is 102 Å². The van der Waals surface area contributed by atoms with E-state index in [1.54, 1.807) is 6.08 Å². The number of aromatic nitrogens is 2. The summed E-state index contributed by atoms with van der Waals surface area (Å²) in [5.74, 6) is 1.66. The zero-order chi connectivity index (χ0) is 21.8. The van der Waals surface area contributed by atoms with Crippen molar-refractivity contribution in [1.82, 2.24) is 9.97 Å². The summed E-state index contributed by atoms with van der Waals surface area (Å²) in [7, 11) is 0. The van der Waals surface area contributed by atoms with E-state index < -0.39 is 0 Å². The number of aromatic hydroxyl groups is 1. The maximum absolute atomic E-state index is 11.2. The number of hydrogen-bond acceptors (Lipinski definition) is 5. The number of aryl methyl sites for hydroxylation is 2. The lowest BCUT2D eigenvalue weighted by Crippen LogP contribution is -2.14. The molecule has 2 aromatic carbocycles. The highest BCUT2D eigenvalue weighted by Crippen LogP contribution is 2.37. The molecule has 0 aliphatic rings. The fourth-order valence-electron chi connectivity index (χ4n) is 3.54. The first-order valence-corrected chi connectivity index (χ1v) is 10.2. The third-order valence-electron chi connectivity index (χ3n) is 5.08. The van der Waals surface area contributed by atoms with Crippen LogP contribution in [0, 0.1) is 13.8 Å². The zero-order valence-corrected chi connectivity index (χ0v) is 17.7. The van der Waals surface area contributed by atoms with E-state index in [1.165, 1.54) is 0 Å². The molecule has 0 radical (unpaired) electrons. The van der Waals surface area contributed by atoms with Crippen molar-refractivity contribution in [3.8, 4) is 11.5 Å². The summed E-state index contributed by atoms with van der Waals surface area (Å²) >= 11 is 0. The van der Waals surface area contributed by atoms with Crippen LogP contribution in [0.5, 0.6) is 11.5 Å². The number of ether oxygens (including phenoxy) is 1. The number of pyridine rings is 2. The topological polar surface area (TPSA) is 67.3 Å².